The van der Waals surface area contributed by atoms with Gasteiger partial charge in [-0.3, -0.25) is 0 Å². The van der Waals surface area contributed by atoms with Gasteiger partial charge in [0.15, 0.2) is 0 Å². The van der Waals surface area contributed by atoms with E-state index in [1.165, 1.54) is 16.7 Å². The summed E-state index contributed by atoms with van der Waals surface area (Å²) >= 11 is 0. The van der Waals surface area contributed by atoms with Crippen LogP contribution in [0.5, 0.6) is 0 Å². The first-order valence-corrected chi connectivity index (χ1v) is 5.75. The quantitative estimate of drug-likeness (QED) is 0.801. The van der Waals surface area contributed by atoms with E-state index in [-0.39, 0.29) is 6.10 Å². The fourth-order valence-corrected chi connectivity index (χ4v) is 1.71. The van der Waals surface area contributed by atoms with Crippen molar-refractivity contribution in [3.05, 3.63) is 34.9 Å². The molecule has 1 aromatic carbocycles. The number of aryl methyl sites for hydroxylation is 3. The molecule has 1 unspecified atom stereocenters. The molecule has 1 aromatic rings. The van der Waals surface area contributed by atoms with Crippen molar-refractivity contribution in [3.63, 3.8) is 0 Å². The predicted molar refractivity (Wildman–Crippen MR) is 65.1 cm³/mol. The Bertz CT molecular complexity index is 315. The summed E-state index contributed by atoms with van der Waals surface area (Å²) in [5.41, 5.74) is 4.00. The first-order chi connectivity index (χ1) is 7.00. The van der Waals surface area contributed by atoms with Crippen LogP contribution in [0, 0.1) is 19.8 Å². The molecule has 1 atom stereocenters. The highest BCUT2D eigenvalue weighted by Crippen LogP contribution is 2.15. The van der Waals surface area contributed by atoms with Gasteiger partial charge in [-0.15, -0.1) is 0 Å². The zero-order valence-electron chi connectivity index (χ0n) is 10.2. The molecule has 0 heterocycles. The first-order valence-electron chi connectivity index (χ1n) is 5.75. The number of hydrogen-bond acceptors (Lipinski definition) is 1. The first kappa shape index (κ1) is 12.3. The monoisotopic (exact) mass is 206 g/mol. The summed E-state index contributed by atoms with van der Waals surface area (Å²) in [5.74, 6) is 0.357. The smallest absolute Gasteiger partial charge is 0.0566 e. The minimum absolute atomic E-state index is 0.176. The van der Waals surface area contributed by atoms with E-state index < -0.39 is 0 Å². The molecular weight excluding hydrogens is 184 g/mol. The van der Waals surface area contributed by atoms with Gasteiger partial charge in [0.25, 0.3) is 0 Å². The van der Waals surface area contributed by atoms with E-state index in [0.717, 1.165) is 12.8 Å². The average molecular weight is 206 g/mol. The second kappa shape index (κ2) is 5.32. The van der Waals surface area contributed by atoms with Gasteiger partial charge in [-0.2, -0.15) is 0 Å². The maximum atomic E-state index is 9.75. The Morgan fingerprint density at radius 2 is 1.87 bits per heavy atom. The van der Waals surface area contributed by atoms with Crippen LogP contribution < -0.4 is 0 Å². The maximum Gasteiger partial charge on any atom is 0.0566 e. The Hall–Kier alpha value is -0.820. The molecule has 0 fully saturated rings. The number of benzene rings is 1. The van der Waals surface area contributed by atoms with Crippen molar-refractivity contribution in [3.8, 4) is 0 Å². The number of hydrogen-bond donors (Lipinski definition) is 1. The van der Waals surface area contributed by atoms with E-state index in [1.807, 2.05) is 0 Å². The van der Waals surface area contributed by atoms with E-state index in [9.17, 15) is 5.11 Å². The molecule has 0 aromatic heterocycles. The standard InChI is InChI=1S/C14H22O/c1-10(2)14(15)8-7-13-9-11(3)5-6-12(13)4/h5-6,9-10,14-15H,7-8H2,1-4H3. The summed E-state index contributed by atoms with van der Waals surface area (Å²) in [6, 6.07) is 6.52. The van der Waals surface area contributed by atoms with Gasteiger partial charge >= 0.3 is 0 Å². The third kappa shape index (κ3) is 3.67. The van der Waals surface area contributed by atoms with Gasteiger partial charge < -0.3 is 5.11 Å². The van der Waals surface area contributed by atoms with Gasteiger partial charge in [-0.05, 0) is 43.7 Å². The minimum atomic E-state index is -0.176. The Labute approximate surface area is 93.1 Å². The minimum Gasteiger partial charge on any atom is -0.393 e. The molecule has 1 nitrogen and oxygen atoms in total. The lowest BCUT2D eigenvalue weighted by molar-refractivity contribution is 0.116. The molecule has 0 aliphatic heterocycles. The third-order valence-corrected chi connectivity index (χ3v) is 2.98. The van der Waals surface area contributed by atoms with Crippen LogP contribution in [0.25, 0.3) is 0 Å². The van der Waals surface area contributed by atoms with Crippen LogP contribution in [0.3, 0.4) is 0 Å². The van der Waals surface area contributed by atoms with Gasteiger partial charge in [0.2, 0.25) is 0 Å². The van der Waals surface area contributed by atoms with Crippen molar-refractivity contribution < 1.29 is 5.11 Å². The normalized spacial score (nSPS) is 13.2. The SMILES string of the molecule is Cc1ccc(C)c(CCC(O)C(C)C)c1. The van der Waals surface area contributed by atoms with Crippen LogP contribution in [0.1, 0.15) is 37.0 Å². The van der Waals surface area contributed by atoms with E-state index in [2.05, 4.69) is 45.9 Å². The van der Waals surface area contributed by atoms with Gasteiger partial charge in [-0.1, -0.05) is 37.6 Å². The van der Waals surface area contributed by atoms with Gasteiger partial charge in [0.05, 0.1) is 6.10 Å². The highest BCUT2D eigenvalue weighted by Gasteiger charge is 2.09. The number of aliphatic hydroxyl groups excluding tert-OH is 1. The summed E-state index contributed by atoms with van der Waals surface area (Å²) in [7, 11) is 0. The Kier molecular flexibility index (Phi) is 4.34. The van der Waals surface area contributed by atoms with Crippen molar-refractivity contribution in [2.75, 3.05) is 0 Å². The molecule has 0 aliphatic carbocycles. The molecular formula is C14H22O. The summed E-state index contributed by atoms with van der Waals surface area (Å²) in [5, 5.41) is 9.75. The molecule has 0 spiro atoms. The van der Waals surface area contributed by atoms with Crippen LogP contribution >= 0.6 is 0 Å². The summed E-state index contributed by atoms with van der Waals surface area (Å²) in [6.07, 6.45) is 1.67. The van der Waals surface area contributed by atoms with E-state index in [0.29, 0.717) is 5.92 Å². The van der Waals surface area contributed by atoms with E-state index in [1.54, 1.807) is 0 Å². The lowest BCUT2D eigenvalue weighted by atomic mass is 9.96. The topological polar surface area (TPSA) is 20.2 Å². The van der Waals surface area contributed by atoms with Crippen LogP contribution in [0.15, 0.2) is 18.2 Å². The lowest BCUT2D eigenvalue weighted by Gasteiger charge is -2.15. The molecule has 0 radical (unpaired) electrons. The van der Waals surface area contributed by atoms with Crippen LogP contribution in [-0.2, 0) is 6.42 Å². The van der Waals surface area contributed by atoms with Gasteiger partial charge in [0, 0.05) is 0 Å². The zero-order valence-corrected chi connectivity index (χ0v) is 10.2. The van der Waals surface area contributed by atoms with E-state index in [4.69, 9.17) is 0 Å². The van der Waals surface area contributed by atoms with Crippen LogP contribution in [0.4, 0.5) is 0 Å². The fourth-order valence-electron chi connectivity index (χ4n) is 1.71. The summed E-state index contributed by atoms with van der Waals surface area (Å²) < 4.78 is 0. The molecule has 0 aliphatic rings. The van der Waals surface area contributed by atoms with Gasteiger partial charge in [-0.25, -0.2) is 0 Å². The second-order valence-electron chi connectivity index (χ2n) is 4.78. The van der Waals surface area contributed by atoms with Crippen molar-refractivity contribution in [2.45, 2.75) is 46.6 Å². The van der Waals surface area contributed by atoms with Crippen LogP contribution in [-0.4, -0.2) is 11.2 Å². The van der Waals surface area contributed by atoms with Crippen LogP contribution in [0.2, 0.25) is 0 Å². The average Bonchev–Trinajstić information content (AvgIpc) is 2.18. The van der Waals surface area contributed by atoms with Crippen molar-refractivity contribution in [1.29, 1.82) is 0 Å². The molecule has 1 heteroatoms. The largest absolute Gasteiger partial charge is 0.393 e. The number of aliphatic hydroxyl groups is 1. The maximum absolute atomic E-state index is 9.75. The van der Waals surface area contributed by atoms with Gasteiger partial charge in [0.1, 0.15) is 0 Å². The van der Waals surface area contributed by atoms with Crippen molar-refractivity contribution in [2.24, 2.45) is 5.92 Å². The molecule has 1 rings (SSSR count). The molecule has 15 heavy (non-hydrogen) atoms. The molecule has 0 saturated carbocycles. The molecule has 0 amide bonds. The molecule has 84 valence electrons. The highest BCUT2D eigenvalue weighted by atomic mass is 16.3. The second-order valence-corrected chi connectivity index (χ2v) is 4.78. The zero-order chi connectivity index (χ0) is 11.4. The molecule has 0 saturated heterocycles. The Balaban J connectivity index is 2.61. The fraction of sp³-hybridized carbons (Fsp3) is 0.571. The highest BCUT2D eigenvalue weighted by molar-refractivity contribution is 5.30. The van der Waals surface area contributed by atoms with Crippen molar-refractivity contribution >= 4 is 0 Å². The molecule has 0 bridgehead atoms. The summed E-state index contributed by atoms with van der Waals surface area (Å²) in [4.78, 5) is 0. The van der Waals surface area contributed by atoms with E-state index >= 15 is 0 Å². The van der Waals surface area contributed by atoms with Crippen molar-refractivity contribution in [1.82, 2.24) is 0 Å². The Morgan fingerprint density at radius 3 is 2.47 bits per heavy atom. The third-order valence-electron chi connectivity index (χ3n) is 2.98. The molecule has 1 N–H and O–H groups in total. The lowest BCUT2D eigenvalue weighted by Crippen LogP contribution is -2.15. The Morgan fingerprint density at radius 1 is 1.20 bits per heavy atom. The predicted octanol–water partition coefficient (Wildman–Crippen LogP) is 3.25. The number of rotatable bonds is 4. The summed E-state index contributed by atoms with van der Waals surface area (Å²) in [6.45, 7) is 8.37.